The molecule has 0 aromatic carbocycles. The molecule has 6 atom stereocenters. The van der Waals surface area contributed by atoms with Crippen molar-refractivity contribution in [2.75, 3.05) is 39.6 Å². The fraction of sp³-hybridized carbons (Fsp3) is 0.945. The fourth-order valence-electron chi connectivity index (χ4n) is 11.0. The minimum absolute atomic E-state index is 0.105. The van der Waals surface area contributed by atoms with E-state index >= 15 is 0 Å². The maximum atomic E-state index is 13.0. The number of phosphoric acid groups is 2. The van der Waals surface area contributed by atoms with E-state index in [1.54, 1.807) is 0 Å². The van der Waals surface area contributed by atoms with Crippen molar-refractivity contribution < 1.29 is 80.2 Å². The third-order valence-corrected chi connectivity index (χ3v) is 19.1. The highest BCUT2D eigenvalue weighted by atomic mass is 31.2. The van der Waals surface area contributed by atoms with Crippen LogP contribution in [0, 0.1) is 23.7 Å². The Balaban J connectivity index is 5.24. The zero-order chi connectivity index (χ0) is 68.2. The van der Waals surface area contributed by atoms with Crippen LogP contribution >= 0.6 is 15.6 Å². The summed E-state index contributed by atoms with van der Waals surface area (Å²) in [7, 11) is -9.91. The summed E-state index contributed by atoms with van der Waals surface area (Å²) in [4.78, 5) is 72.6. The molecule has 0 spiro atoms. The molecule has 546 valence electrons. The van der Waals surface area contributed by atoms with Gasteiger partial charge in [0.15, 0.2) is 12.2 Å². The molecule has 17 nitrogen and oxygen atoms in total. The summed E-state index contributed by atoms with van der Waals surface area (Å²) in [5.74, 6) is 0.895. The van der Waals surface area contributed by atoms with Crippen molar-refractivity contribution in [2.24, 2.45) is 23.7 Å². The number of rotatable bonds is 70. The van der Waals surface area contributed by atoms with Crippen molar-refractivity contribution >= 4 is 39.5 Å². The molecule has 0 amide bonds. The number of hydrogen-bond acceptors (Lipinski definition) is 15. The third-order valence-electron chi connectivity index (χ3n) is 17.2. The number of esters is 4. The SMILES string of the molecule is CCC(C)CCCCCCCCCCCCC(=O)O[C@H](COC(=O)CCCCCCCCC(C)C)COP(=O)(O)OC[C@H](O)COP(=O)(O)OC[C@@H](COC(=O)CCCCCCCCCCCC(C)C)OC(=O)CCCCCCCCCCCCCCCCC(C)C. The van der Waals surface area contributed by atoms with E-state index in [4.69, 9.17) is 37.0 Å². The number of aliphatic hydroxyl groups excluding tert-OH is 1. The van der Waals surface area contributed by atoms with Gasteiger partial charge in [0.2, 0.25) is 0 Å². The molecular formula is C73H142O17P2. The number of carbonyl (C=O) groups is 4. The van der Waals surface area contributed by atoms with Gasteiger partial charge < -0.3 is 33.8 Å². The molecule has 92 heavy (non-hydrogen) atoms. The van der Waals surface area contributed by atoms with E-state index in [1.807, 2.05) is 0 Å². The summed E-state index contributed by atoms with van der Waals surface area (Å²) >= 11 is 0. The Kier molecular flexibility index (Phi) is 61.3. The average Bonchev–Trinajstić information content (AvgIpc) is 3.50. The summed E-state index contributed by atoms with van der Waals surface area (Å²) < 4.78 is 68.4. The quantitative estimate of drug-likeness (QED) is 0.0222. The lowest BCUT2D eigenvalue weighted by molar-refractivity contribution is -0.161. The fourth-order valence-corrected chi connectivity index (χ4v) is 12.6. The lowest BCUT2D eigenvalue weighted by Crippen LogP contribution is -2.30. The second kappa shape index (κ2) is 62.6. The van der Waals surface area contributed by atoms with Gasteiger partial charge in [-0.15, -0.1) is 0 Å². The van der Waals surface area contributed by atoms with Gasteiger partial charge in [-0.2, -0.15) is 0 Å². The summed E-state index contributed by atoms with van der Waals surface area (Å²) in [5.41, 5.74) is 0. The second-order valence-corrected chi connectivity index (χ2v) is 30.9. The first kappa shape index (κ1) is 90.1. The molecule has 0 aliphatic heterocycles. The molecule has 19 heteroatoms. The average molecular weight is 1350 g/mol. The van der Waals surface area contributed by atoms with E-state index in [-0.39, 0.29) is 25.7 Å². The van der Waals surface area contributed by atoms with E-state index in [1.165, 1.54) is 161 Å². The lowest BCUT2D eigenvalue weighted by Gasteiger charge is -2.21. The summed E-state index contributed by atoms with van der Waals surface area (Å²) in [5, 5.41) is 10.6. The highest BCUT2D eigenvalue weighted by Crippen LogP contribution is 2.45. The summed E-state index contributed by atoms with van der Waals surface area (Å²) in [6.07, 6.45) is 45.9. The lowest BCUT2D eigenvalue weighted by atomic mass is 9.99. The Morgan fingerprint density at radius 3 is 0.772 bits per heavy atom. The molecule has 3 unspecified atom stereocenters. The van der Waals surface area contributed by atoms with Gasteiger partial charge in [0, 0.05) is 25.7 Å². The van der Waals surface area contributed by atoms with Crippen molar-refractivity contribution in [1.29, 1.82) is 0 Å². The highest BCUT2D eigenvalue weighted by molar-refractivity contribution is 7.47. The monoisotopic (exact) mass is 1350 g/mol. The Bertz CT molecular complexity index is 1820. The van der Waals surface area contributed by atoms with Crippen LogP contribution in [0.2, 0.25) is 0 Å². The van der Waals surface area contributed by atoms with Gasteiger partial charge in [0.1, 0.15) is 19.3 Å². The first-order chi connectivity index (χ1) is 44.1. The zero-order valence-corrected chi connectivity index (χ0v) is 62.0. The van der Waals surface area contributed by atoms with Crippen molar-refractivity contribution in [3.05, 3.63) is 0 Å². The van der Waals surface area contributed by atoms with E-state index in [0.29, 0.717) is 31.6 Å². The number of aliphatic hydroxyl groups is 1. The summed E-state index contributed by atoms with van der Waals surface area (Å²) in [6, 6.07) is 0. The molecule has 0 saturated heterocycles. The van der Waals surface area contributed by atoms with Crippen LogP contribution in [0.3, 0.4) is 0 Å². The number of ether oxygens (including phenoxy) is 4. The minimum Gasteiger partial charge on any atom is -0.462 e. The van der Waals surface area contributed by atoms with Crippen LogP contribution in [0.1, 0.15) is 364 Å². The van der Waals surface area contributed by atoms with Crippen LogP contribution in [-0.4, -0.2) is 96.7 Å². The number of unbranched alkanes of at least 4 members (excludes halogenated alkanes) is 35. The highest BCUT2D eigenvalue weighted by Gasteiger charge is 2.30. The van der Waals surface area contributed by atoms with E-state index in [0.717, 1.165) is 114 Å². The van der Waals surface area contributed by atoms with Crippen LogP contribution in [0.25, 0.3) is 0 Å². The van der Waals surface area contributed by atoms with Crippen LogP contribution < -0.4 is 0 Å². The number of carbonyl (C=O) groups excluding carboxylic acids is 4. The molecular weight excluding hydrogens is 1210 g/mol. The predicted octanol–water partition coefficient (Wildman–Crippen LogP) is 20.9. The van der Waals surface area contributed by atoms with Gasteiger partial charge in [-0.05, 0) is 49.4 Å². The first-order valence-electron chi connectivity index (χ1n) is 37.7. The van der Waals surface area contributed by atoms with Gasteiger partial charge >= 0.3 is 39.5 Å². The first-order valence-corrected chi connectivity index (χ1v) is 40.7. The standard InChI is InChI=1S/C73H142O17P2/c1-9-66(8)52-44-36-27-21-16-17-23-30-40-48-56-73(78)90-69(60-84-71(76)54-46-38-32-31-35-43-51-65(6)7)62-88-92(81,82)86-58-67(74)57-85-91(79,80)87-61-68(59-83-70(75)53-45-37-28-24-18-20-26-34-42-50-64(4)5)89-72(77)55-47-39-29-22-15-13-11-10-12-14-19-25-33-41-49-63(2)3/h63-69,74H,9-62H2,1-8H3,(H,79,80)(H,81,82)/t66?,67-,68-,69-/m1/s1. The Morgan fingerprint density at radius 2 is 0.522 bits per heavy atom. The molecule has 3 N–H and O–H groups in total. The van der Waals surface area contributed by atoms with Crippen molar-refractivity contribution in [3.63, 3.8) is 0 Å². The molecule has 0 heterocycles. The topological polar surface area (TPSA) is 237 Å². The van der Waals surface area contributed by atoms with Crippen LogP contribution in [0.4, 0.5) is 0 Å². The Labute approximate surface area is 562 Å². The van der Waals surface area contributed by atoms with Gasteiger partial charge in [-0.1, -0.05) is 312 Å². The van der Waals surface area contributed by atoms with Crippen molar-refractivity contribution in [2.45, 2.75) is 382 Å². The van der Waals surface area contributed by atoms with Crippen LogP contribution in [0.15, 0.2) is 0 Å². The number of hydrogen-bond donors (Lipinski definition) is 3. The molecule has 0 aliphatic rings. The largest absolute Gasteiger partial charge is 0.472 e. The third kappa shape index (κ3) is 65.4. The maximum Gasteiger partial charge on any atom is 0.472 e. The van der Waals surface area contributed by atoms with Gasteiger partial charge in [-0.3, -0.25) is 37.3 Å². The van der Waals surface area contributed by atoms with Gasteiger partial charge in [0.25, 0.3) is 0 Å². The van der Waals surface area contributed by atoms with Crippen molar-refractivity contribution in [3.8, 4) is 0 Å². The second-order valence-electron chi connectivity index (χ2n) is 28.0. The molecule has 0 bridgehead atoms. The molecule has 0 saturated carbocycles. The van der Waals surface area contributed by atoms with Crippen LogP contribution in [-0.2, 0) is 65.4 Å². The number of phosphoric ester groups is 2. The normalized spacial score (nSPS) is 14.5. The minimum atomic E-state index is -4.96. The van der Waals surface area contributed by atoms with Crippen LogP contribution in [0.5, 0.6) is 0 Å². The summed E-state index contributed by atoms with van der Waals surface area (Å²) in [6.45, 7) is 14.1. The molecule has 0 aliphatic carbocycles. The predicted molar refractivity (Wildman–Crippen MR) is 372 cm³/mol. The molecule has 0 fully saturated rings. The van der Waals surface area contributed by atoms with E-state index in [9.17, 15) is 43.2 Å². The Morgan fingerprint density at radius 1 is 0.304 bits per heavy atom. The molecule has 0 radical (unpaired) electrons. The van der Waals surface area contributed by atoms with Gasteiger partial charge in [0.05, 0.1) is 26.4 Å². The van der Waals surface area contributed by atoms with Crippen molar-refractivity contribution in [1.82, 2.24) is 0 Å². The van der Waals surface area contributed by atoms with E-state index in [2.05, 4.69) is 55.4 Å². The van der Waals surface area contributed by atoms with E-state index < -0.39 is 97.5 Å². The maximum absolute atomic E-state index is 13.0. The van der Waals surface area contributed by atoms with Gasteiger partial charge in [-0.25, -0.2) is 9.13 Å². The molecule has 0 rings (SSSR count). The molecule has 0 aromatic rings. The molecule has 0 aromatic heterocycles. The smallest absolute Gasteiger partial charge is 0.462 e. The Hall–Kier alpha value is -1.94. The zero-order valence-electron chi connectivity index (χ0n) is 60.2.